The van der Waals surface area contributed by atoms with E-state index in [0.717, 1.165) is 5.56 Å². The van der Waals surface area contributed by atoms with Crippen LogP contribution >= 0.6 is 0 Å². The van der Waals surface area contributed by atoms with Gasteiger partial charge in [-0.3, -0.25) is 4.79 Å². The van der Waals surface area contributed by atoms with Gasteiger partial charge in [-0.15, -0.1) is 5.10 Å². The van der Waals surface area contributed by atoms with E-state index in [-0.39, 0.29) is 5.91 Å². The number of rotatable bonds is 7. The third kappa shape index (κ3) is 4.94. The van der Waals surface area contributed by atoms with Crippen molar-refractivity contribution in [2.75, 3.05) is 19.5 Å². The van der Waals surface area contributed by atoms with Gasteiger partial charge in [0, 0.05) is 12.1 Å². The highest BCUT2D eigenvalue weighted by Gasteiger charge is 2.07. The molecule has 1 aromatic heterocycles. The van der Waals surface area contributed by atoms with Gasteiger partial charge in [0.05, 0.1) is 32.6 Å². The van der Waals surface area contributed by atoms with E-state index in [1.165, 1.54) is 13.2 Å². The number of nitrogens with zero attached hydrogens (tertiary/aromatic N) is 3. The van der Waals surface area contributed by atoms with Gasteiger partial charge in [-0.1, -0.05) is 35.5 Å². The highest BCUT2D eigenvalue weighted by molar-refractivity contribution is 6.02. The van der Waals surface area contributed by atoms with Crippen LogP contribution in [0.15, 0.2) is 60.8 Å². The maximum absolute atomic E-state index is 12.2. The van der Waals surface area contributed by atoms with Crippen molar-refractivity contribution >= 4 is 17.7 Å². The quantitative estimate of drug-likeness (QED) is 0.652. The van der Waals surface area contributed by atoms with Crippen molar-refractivity contribution in [2.45, 2.75) is 6.54 Å². The summed E-state index contributed by atoms with van der Waals surface area (Å²) in [6.45, 7) is 0.622. The SMILES string of the molecule is COc1ccc(NC(=O)C=Cc2cn(Cc3ccccc3)nn2)c(OC)c1. The molecule has 138 valence electrons. The molecule has 0 atom stereocenters. The summed E-state index contributed by atoms with van der Waals surface area (Å²) in [5.74, 6) is 0.872. The molecule has 0 bridgehead atoms. The first kappa shape index (κ1) is 18.2. The molecule has 0 unspecified atom stereocenters. The number of benzene rings is 2. The second-order valence-electron chi connectivity index (χ2n) is 5.72. The molecule has 27 heavy (non-hydrogen) atoms. The van der Waals surface area contributed by atoms with Gasteiger partial charge in [-0.25, -0.2) is 4.68 Å². The summed E-state index contributed by atoms with van der Waals surface area (Å²) < 4.78 is 12.1. The molecule has 0 saturated carbocycles. The smallest absolute Gasteiger partial charge is 0.248 e. The number of hydrogen-bond acceptors (Lipinski definition) is 5. The van der Waals surface area contributed by atoms with Crippen LogP contribution in [0, 0.1) is 0 Å². The van der Waals surface area contributed by atoms with Gasteiger partial charge >= 0.3 is 0 Å². The van der Waals surface area contributed by atoms with Gasteiger partial charge in [0.25, 0.3) is 0 Å². The van der Waals surface area contributed by atoms with Crippen LogP contribution in [0.1, 0.15) is 11.3 Å². The van der Waals surface area contributed by atoms with Gasteiger partial charge in [0.15, 0.2) is 0 Å². The lowest BCUT2D eigenvalue weighted by Crippen LogP contribution is -2.09. The molecule has 0 aliphatic rings. The van der Waals surface area contributed by atoms with E-state index in [2.05, 4.69) is 15.6 Å². The van der Waals surface area contributed by atoms with Crippen molar-refractivity contribution in [3.8, 4) is 11.5 Å². The molecule has 0 radical (unpaired) electrons. The summed E-state index contributed by atoms with van der Waals surface area (Å²) in [6.07, 6.45) is 4.80. The van der Waals surface area contributed by atoms with E-state index in [1.807, 2.05) is 30.3 Å². The van der Waals surface area contributed by atoms with Gasteiger partial charge < -0.3 is 14.8 Å². The minimum Gasteiger partial charge on any atom is -0.497 e. The van der Waals surface area contributed by atoms with Gasteiger partial charge in [-0.05, 0) is 23.8 Å². The van der Waals surface area contributed by atoms with Crippen LogP contribution in [0.4, 0.5) is 5.69 Å². The number of hydrogen-bond donors (Lipinski definition) is 1. The van der Waals surface area contributed by atoms with Crippen LogP contribution in [0.5, 0.6) is 11.5 Å². The Balaban J connectivity index is 1.62. The average molecular weight is 364 g/mol. The molecule has 1 N–H and O–H groups in total. The molecule has 3 rings (SSSR count). The Morgan fingerprint density at radius 2 is 1.96 bits per heavy atom. The Kier molecular flexibility index (Phi) is 5.84. The summed E-state index contributed by atoms with van der Waals surface area (Å²) in [7, 11) is 3.10. The highest BCUT2D eigenvalue weighted by Crippen LogP contribution is 2.28. The fraction of sp³-hybridized carbons (Fsp3) is 0.150. The minimum atomic E-state index is -0.295. The zero-order valence-corrected chi connectivity index (χ0v) is 15.1. The number of amides is 1. The van der Waals surface area contributed by atoms with Crippen molar-refractivity contribution < 1.29 is 14.3 Å². The largest absolute Gasteiger partial charge is 0.497 e. The van der Waals surface area contributed by atoms with E-state index in [4.69, 9.17) is 9.47 Å². The first-order chi connectivity index (χ1) is 13.2. The molecule has 1 heterocycles. The normalized spacial score (nSPS) is 10.7. The molecule has 0 aliphatic carbocycles. The fourth-order valence-corrected chi connectivity index (χ4v) is 2.47. The molecule has 1 amide bonds. The zero-order chi connectivity index (χ0) is 19.1. The highest BCUT2D eigenvalue weighted by atomic mass is 16.5. The van der Waals surface area contributed by atoms with Crippen molar-refractivity contribution in [3.63, 3.8) is 0 Å². The predicted molar refractivity (Wildman–Crippen MR) is 103 cm³/mol. The first-order valence-corrected chi connectivity index (χ1v) is 8.33. The van der Waals surface area contributed by atoms with E-state index in [1.54, 1.807) is 42.3 Å². The first-order valence-electron chi connectivity index (χ1n) is 8.33. The third-order valence-corrected chi connectivity index (χ3v) is 3.82. The minimum absolute atomic E-state index is 0.295. The van der Waals surface area contributed by atoms with Gasteiger partial charge in [0.2, 0.25) is 5.91 Å². The van der Waals surface area contributed by atoms with Crippen molar-refractivity contribution in [2.24, 2.45) is 0 Å². The Morgan fingerprint density at radius 1 is 1.15 bits per heavy atom. The number of anilines is 1. The molecule has 2 aromatic carbocycles. The Bertz CT molecular complexity index is 935. The van der Waals surface area contributed by atoms with Crippen LogP contribution in [0.25, 0.3) is 6.08 Å². The Hall–Kier alpha value is -3.61. The number of aromatic nitrogens is 3. The lowest BCUT2D eigenvalue weighted by Gasteiger charge is -2.10. The van der Waals surface area contributed by atoms with Crippen LogP contribution in [-0.2, 0) is 11.3 Å². The summed E-state index contributed by atoms with van der Waals surface area (Å²) in [5, 5.41) is 10.9. The number of carbonyl (C=O) groups excluding carboxylic acids is 1. The van der Waals surface area contributed by atoms with Gasteiger partial charge in [0.1, 0.15) is 17.2 Å². The monoisotopic (exact) mass is 364 g/mol. The number of nitrogens with one attached hydrogen (secondary N) is 1. The number of carbonyl (C=O) groups is 1. The number of ether oxygens (including phenoxy) is 2. The van der Waals surface area contributed by atoms with Crippen LogP contribution in [0.2, 0.25) is 0 Å². The molecular formula is C20H20N4O3. The Morgan fingerprint density at radius 3 is 2.70 bits per heavy atom. The third-order valence-electron chi connectivity index (χ3n) is 3.82. The van der Waals surface area contributed by atoms with E-state index in [0.29, 0.717) is 29.4 Å². The lowest BCUT2D eigenvalue weighted by molar-refractivity contribution is -0.111. The maximum atomic E-state index is 12.2. The van der Waals surface area contributed by atoms with E-state index >= 15 is 0 Å². The topological polar surface area (TPSA) is 78.3 Å². The predicted octanol–water partition coefficient (Wildman–Crippen LogP) is 3.00. The standard InChI is InChI=1S/C20H20N4O3/c1-26-17-9-10-18(19(12-17)27-2)21-20(25)11-8-16-14-24(23-22-16)13-15-6-4-3-5-7-15/h3-12,14H,13H2,1-2H3,(H,21,25). The average Bonchev–Trinajstić information content (AvgIpc) is 3.15. The van der Waals surface area contributed by atoms with Crippen LogP contribution < -0.4 is 14.8 Å². The molecule has 0 saturated heterocycles. The summed E-state index contributed by atoms with van der Waals surface area (Å²) in [4.78, 5) is 12.2. The molecule has 0 spiro atoms. The summed E-state index contributed by atoms with van der Waals surface area (Å²) in [6, 6.07) is 15.1. The number of methoxy groups -OCH3 is 2. The van der Waals surface area contributed by atoms with Gasteiger partial charge in [-0.2, -0.15) is 0 Å². The van der Waals surface area contributed by atoms with E-state index < -0.39 is 0 Å². The summed E-state index contributed by atoms with van der Waals surface area (Å²) in [5.41, 5.74) is 2.28. The second-order valence-corrected chi connectivity index (χ2v) is 5.72. The fourth-order valence-electron chi connectivity index (χ4n) is 2.47. The van der Waals surface area contributed by atoms with Crippen molar-refractivity contribution in [1.82, 2.24) is 15.0 Å². The lowest BCUT2D eigenvalue weighted by atomic mass is 10.2. The van der Waals surface area contributed by atoms with Crippen molar-refractivity contribution in [3.05, 3.63) is 72.1 Å². The molecule has 3 aromatic rings. The Labute approximate surface area is 157 Å². The molecule has 7 nitrogen and oxygen atoms in total. The molecular weight excluding hydrogens is 344 g/mol. The van der Waals surface area contributed by atoms with Crippen molar-refractivity contribution in [1.29, 1.82) is 0 Å². The van der Waals surface area contributed by atoms with Crippen LogP contribution in [0.3, 0.4) is 0 Å². The summed E-state index contributed by atoms with van der Waals surface area (Å²) >= 11 is 0. The molecule has 7 heteroatoms. The molecule has 0 aliphatic heterocycles. The zero-order valence-electron chi connectivity index (χ0n) is 15.1. The maximum Gasteiger partial charge on any atom is 0.248 e. The van der Waals surface area contributed by atoms with E-state index in [9.17, 15) is 4.79 Å². The molecule has 0 fully saturated rings. The van der Waals surface area contributed by atoms with Crippen LogP contribution in [-0.4, -0.2) is 35.1 Å². The second kappa shape index (κ2) is 8.66.